The first-order valence-electron chi connectivity index (χ1n) is 8.70. The molecule has 4 aromatic rings. The third-order valence-corrected chi connectivity index (χ3v) is 4.57. The van der Waals surface area contributed by atoms with E-state index in [1.165, 1.54) is 47.1 Å². The Morgan fingerprint density at radius 2 is 1.87 bits per heavy atom. The maximum atomic E-state index is 13.4. The molecule has 1 amide bonds. The molecule has 1 N–H and O–H groups in total. The second-order valence-electron chi connectivity index (χ2n) is 6.39. The normalized spacial score (nSPS) is 11.6. The van der Waals surface area contributed by atoms with Crippen molar-refractivity contribution in [3.8, 4) is 11.3 Å². The predicted octanol–water partition coefficient (Wildman–Crippen LogP) is 5.02. The lowest BCUT2D eigenvalue weighted by Gasteiger charge is -2.12. The zero-order valence-corrected chi connectivity index (χ0v) is 16.2. The highest BCUT2D eigenvalue weighted by atomic mass is 35.5. The van der Waals surface area contributed by atoms with Crippen LogP contribution < -0.4 is 5.32 Å². The number of amides is 1. The number of carbonyl (C=O) groups excluding carboxylic acids is 1. The molecule has 4 rings (SSSR count). The van der Waals surface area contributed by atoms with Gasteiger partial charge in [0.05, 0.1) is 22.0 Å². The van der Waals surface area contributed by atoms with Gasteiger partial charge in [0.15, 0.2) is 11.3 Å². The molecule has 3 heterocycles. The van der Waals surface area contributed by atoms with Crippen LogP contribution in [0.1, 0.15) is 21.7 Å². The molecule has 30 heavy (non-hydrogen) atoms. The van der Waals surface area contributed by atoms with Gasteiger partial charge in [0.2, 0.25) is 0 Å². The minimum Gasteiger partial charge on any atom is -0.305 e. The Morgan fingerprint density at radius 3 is 2.57 bits per heavy atom. The molecule has 0 aliphatic carbocycles. The van der Waals surface area contributed by atoms with Gasteiger partial charge in [0.1, 0.15) is 5.82 Å². The van der Waals surface area contributed by atoms with Crippen molar-refractivity contribution < 1.29 is 18.0 Å². The summed E-state index contributed by atoms with van der Waals surface area (Å²) < 4.78 is 41.4. The average molecular weight is 432 g/mol. The number of halogens is 4. The summed E-state index contributed by atoms with van der Waals surface area (Å²) in [5.74, 6) is -0.291. The minimum absolute atomic E-state index is 0.0616. The highest BCUT2D eigenvalue weighted by Crippen LogP contribution is 2.36. The molecule has 3 aromatic heterocycles. The van der Waals surface area contributed by atoms with Gasteiger partial charge in [0.25, 0.3) is 5.91 Å². The number of hydrogen-bond donors (Lipinski definition) is 1. The van der Waals surface area contributed by atoms with Crippen LogP contribution in [0.4, 0.5) is 19.0 Å². The number of alkyl halides is 3. The molecule has 0 unspecified atom stereocenters. The second kappa shape index (κ2) is 7.42. The molecule has 0 atom stereocenters. The topological polar surface area (TPSA) is 72.2 Å². The van der Waals surface area contributed by atoms with Crippen molar-refractivity contribution in [2.75, 3.05) is 5.32 Å². The monoisotopic (exact) mass is 431 g/mol. The largest absolute Gasteiger partial charge is 0.417 e. The number of benzene rings is 1. The van der Waals surface area contributed by atoms with Gasteiger partial charge in [-0.1, -0.05) is 29.8 Å². The zero-order chi connectivity index (χ0) is 21.5. The molecular formula is C20H13ClF3N5O. The van der Waals surface area contributed by atoms with Crippen LogP contribution in [0, 0.1) is 6.92 Å². The van der Waals surface area contributed by atoms with Gasteiger partial charge >= 0.3 is 6.18 Å². The van der Waals surface area contributed by atoms with Crippen LogP contribution in [0.2, 0.25) is 5.02 Å². The fourth-order valence-corrected chi connectivity index (χ4v) is 3.14. The average Bonchev–Trinajstić information content (AvgIpc) is 3.04. The Balaban J connectivity index is 1.79. The fraction of sp³-hybridized carbons (Fsp3) is 0.100. The van der Waals surface area contributed by atoms with Crippen molar-refractivity contribution in [3.05, 3.63) is 76.7 Å². The van der Waals surface area contributed by atoms with Gasteiger partial charge in [-0.05, 0) is 37.3 Å². The van der Waals surface area contributed by atoms with Crippen molar-refractivity contribution in [1.82, 2.24) is 19.6 Å². The number of imidazole rings is 1. The van der Waals surface area contributed by atoms with Crippen molar-refractivity contribution >= 4 is 29.0 Å². The molecule has 0 saturated heterocycles. The molecular weight excluding hydrogens is 419 g/mol. The van der Waals surface area contributed by atoms with Crippen molar-refractivity contribution in [2.24, 2.45) is 0 Å². The Hall–Kier alpha value is -3.46. The molecule has 0 saturated carbocycles. The van der Waals surface area contributed by atoms with Crippen LogP contribution in [-0.4, -0.2) is 25.5 Å². The summed E-state index contributed by atoms with van der Waals surface area (Å²) in [6.07, 6.45) is -3.17. The van der Waals surface area contributed by atoms with Crippen molar-refractivity contribution in [3.63, 3.8) is 0 Å². The van der Waals surface area contributed by atoms with Gasteiger partial charge in [-0.3, -0.25) is 4.79 Å². The quantitative estimate of drug-likeness (QED) is 0.494. The van der Waals surface area contributed by atoms with Crippen LogP contribution in [0.5, 0.6) is 0 Å². The molecule has 0 spiro atoms. The molecule has 0 aliphatic heterocycles. The fourth-order valence-electron chi connectivity index (χ4n) is 3.03. The highest BCUT2D eigenvalue weighted by molar-refractivity contribution is 6.30. The van der Waals surface area contributed by atoms with E-state index in [9.17, 15) is 18.0 Å². The van der Waals surface area contributed by atoms with Gasteiger partial charge < -0.3 is 5.32 Å². The van der Waals surface area contributed by atoms with Crippen molar-refractivity contribution in [1.29, 1.82) is 0 Å². The molecule has 0 fully saturated rings. The number of rotatable bonds is 3. The molecule has 0 aliphatic rings. The first kappa shape index (κ1) is 19.8. The number of pyridine rings is 1. The maximum Gasteiger partial charge on any atom is 0.417 e. The SMILES string of the molecule is Cc1nc2ccc(-c3ccccc3C(F)(F)F)nn2c1C(=O)Nc1ccc(Cl)cn1. The highest BCUT2D eigenvalue weighted by Gasteiger charge is 2.33. The number of nitrogens with one attached hydrogen (secondary N) is 1. The third kappa shape index (κ3) is 3.71. The standard InChI is InChI=1S/C20H13ClF3N5O/c1-11-18(19(30)27-16-8-6-12(21)10-25-16)29-17(26-11)9-7-15(28-29)13-4-2-3-5-14(13)20(22,23)24/h2-10H,1H3,(H,25,27,30). The van der Waals surface area contributed by atoms with E-state index in [-0.39, 0.29) is 22.8 Å². The summed E-state index contributed by atoms with van der Waals surface area (Å²) in [5.41, 5.74) is -0.0567. The Labute approximate surface area is 173 Å². The Bertz CT molecular complexity index is 1250. The van der Waals surface area contributed by atoms with Crippen LogP contribution in [-0.2, 0) is 6.18 Å². The molecule has 152 valence electrons. The van der Waals surface area contributed by atoms with Crippen LogP contribution >= 0.6 is 11.6 Å². The molecule has 6 nitrogen and oxygen atoms in total. The van der Waals surface area contributed by atoms with E-state index >= 15 is 0 Å². The predicted molar refractivity (Wildman–Crippen MR) is 105 cm³/mol. The van der Waals surface area contributed by atoms with Crippen LogP contribution in [0.15, 0.2) is 54.7 Å². The first-order chi connectivity index (χ1) is 14.2. The van der Waals surface area contributed by atoms with E-state index in [1.807, 2.05) is 0 Å². The van der Waals surface area contributed by atoms with E-state index in [0.29, 0.717) is 16.4 Å². The lowest BCUT2D eigenvalue weighted by Crippen LogP contribution is -2.17. The number of aryl methyl sites for hydroxylation is 1. The summed E-state index contributed by atoms with van der Waals surface area (Å²) in [5, 5.41) is 7.29. The van der Waals surface area contributed by atoms with E-state index in [0.717, 1.165) is 6.07 Å². The first-order valence-corrected chi connectivity index (χ1v) is 9.08. The van der Waals surface area contributed by atoms with E-state index in [4.69, 9.17) is 11.6 Å². The number of nitrogens with zero attached hydrogens (tertiary/aromatic N) is 4. The molecule has 0 radical (unpaired) electrons. The molecule has 1 aromatic carbocycles. The molecule has 10 heteroatoms. The summed E-state index contributed by atoms with van der Waals surface area (Å²) in [7, 11) is 0. The van der Waals surface area contributed by atoms with E-state index in [1.54, 1.807) is 13.0 Å². The number of hydrogen-bond acceptors (Lipinski definition) is 4. The smallest absolute Gasteiger partial charge is 0.305 e. The van der Waals surface area contributed by atoms with Crippen LogP contribution in [0.25, 0.3) is 16.9 Å². The Kier molecular flexibility index (Phi) is 4.90. The number of carbonyl (C=O) groups is 1. The number of aromatic nitrogens is 4. The summed E-state index contributed by atoms with van der Waals surface area (Å²) >= 11 is 5.79. The number of anilines is 1. The van der Waals surface area contributed by atoms with Crippen LogP contribution in [0.3, 0.4) is 0 Å². The van der Waals surface area contributed by atoms with E-state index < -0.39 is 17.6 Å². The summed E-state index contributed by atoms with van der Waals surface area (Å²) in [6, 6.07) is 11.2. The van der Waals surface area contributed by atoms with Gasteiger partial charge in [0, 0.05) is 11.8 Å². The second-order valence-corrected chi connectivity index (χ2v) is 6.83. The zero-order valence-electron chi connectivity index (χ0n) is 15.4. The van der Waals surface area contributed by atoms with Gasteiger partial charge in [-0.15, -0.1) is 0 Å². The summed E-state index contributed by atoms with van der Waals surface area (Å²) in [4.78, 5) is 21.1. The van der Waals surface area contributed by atoms with Crippen molar-refractivity contribution in [2.45, 2.75) is 13.1 Å². The lowest BCUT2D eigenvalue weighted by molar-refractivity contribution is -0.137. The lowest BCUT2D eigenvalue weighted by atomic mass is 10.0. The number of fused-ring (bicyclic) bond motifs is 1. The van der Waals surface area contributed by atoms with E-state index in [2.05, 4.69) is 20.4 Å². The molecule has 0 bridgehead atoms. The van der Waals surface area contributed by atoms with Gasteiger partial charge in [-0.2, -0.15) is 18.3 Å². The van der Waals surface area contributed by atoms with Gasteiger partial charge in [-0.25, -0.2) is 14.5 Å². The third-order valence-electron chi connectivity index (χ3n) is 4.34. The minimum atomic E-state index is -4.54. The summed E-state index contributed by atoms with van der Waals surface area (Å²) in [6.45, 7) is 1.61. The Morgan fingerprint density at radius 1 is 1.10 bits per heavy atom. The maximum absolute atomic E-state index is 13.4.